The van der Waals surface area contributed by atoms with Gasteiger partial charge in [0.05, 0.1) is 17.8 Å². The molecule has 0 saturated carbocycles. The van der Waals surface area contributed by atoms with Crippen molar-refractivity contribution < 1.29 is 19.1 Å². The van der Waals surface area contributed by atoms with Crippen LogP contribution >= 0.6 is 11.8 Å². The van der Waals surface area contributed by atoms with E-state index in [-0.39, 0.29) is 34.3 Å². The molecule has 3 atom stereocenters. The van der Waals surface area contributed by atoms with Gasteiger partial charge in [-0.3, -0.25) is 9.59 Å². The third-order valence-corrected chi connectivity index (χ3v) is 4.58. The average Bonchev–Trinajstić information content (AvgIpc) is 2.89. The minimum absolute atomic E-state index is 0.200. The lowest BCUT2D eigenvalue weighted by atomic mass is 9.99. The molecule has 0 aromatic heterocycles. The number of hydrogen-bond acceptors (Lipinski definition) is 6. The first-order valence-electron chi connectivity index (χ1n) is 7.28. The van der Waals surface area contributed by atoms with Crippen LogP contribution in [0.15, 0.2) is 4.99 Å². The summed E-state index contributed by atoms with van der Waals surface area (Å²) >= 11 is 1.23. The highest BCUT2D eigenvalue weighted by atomic mass is 32.2. The molecule has 21 heavy (non-hydrogen) atoms. The summed E-state index contributed by atoms with van der Waals surface area (Å²) in [7, 11) is 0. The smallest absolute Gasteiger partial charge is 0.309 e. The summed E-state index contributed by atoms with van der Waals surface area (Å²) in [5.41, 5.74) is 5.51. The zero-order valence-corrected chi connectivity index (χ0v) is 13.2. The fraction of sp³-hybridized carbons (Fsp3) is 0.786. The van der Waals surface area contributed by atoms with Crippen LogP contribution in [0, 0.1) is 11.8 Å². The number of nitrogens with zero attached hydrogens (tertiary/aromatic N) is 1. The first kappa shape index (κ1) is 16.3. The number of amidine groups is 1. The number of hydrogen-bond donors (Lipinski definition) is 1. The van der Waals surface area contributed by atoms with Crippen molar-refractivity contribution >= 4 is 28.8 Å². The van der Waals surface area contributed by atoms with Crippen LogP contribution in [0.5, 0.6) is 0 Å². The third-order valence-electron chi connectivity index (χ3n) is 3.56. The highest BCUT2D eigenvalue weighted by molar-refractivity contribution is 8.15. The van der Waals surface area contributed by atoms with Gasteiger partial charge in [-0.15, -0.1) is 0 Å². The van der Waals surface area contributed by atoms with E-state index in [9.17, 15) is 9.59 Å². The van der Waals surface area contributed by atoms with Gasteiger partial charge < -0.3 is 15.2 Å². The molecular weight excluding hydrogens is 292 g/mol. The molecule has 1 fully saturated rings. The van der Waals surface area contributed by atoms with Gasteiger partial charge in [-0.05, 0) is 25.2 Å². The Labute approximate surface area is 128 Å². The van der Waals surface area contributed by atoms with Crippen molar-refractivity contribution in [1.29, 1.82) is 0 Å². The number of thioether (sulfide) groups is 1. The summed E-state index contributed by atoms with van der Waals surface area (Å²) in [6.45, 7) is 5.38. The predicted molar refractivity (Wildman–Crippen MR) is 80.9 cm³/mol. The molecule has 0 aromatic rings. The molecule has 0 aromatic carbocycles. The van der Waals surface area contributed by atoms with E-state index < -0.39 is 0 Å². The average molecular weight is 314 g/mol. The fourth-order valence-electron chi connectivity index (χ4n) is 2.36. The Balaban J connectivity index is 1.72. The van der Waals surface area contributed by atoms with Crippen LogP contribution in [-0.4, -0.2) is 41.6 Å². The molecule has 0 radical (unpaired) electrons. The van der Waals surface area contributed by atoms with Crippen molar-refractivity contribution in [3.63, 3.8) is 0 Å². The molecule has 1 saturated heterocycles. The molecule has 2 heterocycles. The molecule has 2 rings (SSSR count). The maximum atomic E-state index is 11.8. The summed E-state index contributed by atoms with van der Waals surface area (Å²) in [5, 5.41) is -0.0620. The van der Waals surface area contributed by atoms with Crippen molar-refractivity contribution in [3.05, 3.63) is 0 Å². The van der Waals surface area contributed by atoms with Gasteiger partial charge in [0.2, 0.25) is 0 Å². The summed E-state index contributed by atoms with van der Waals surface area (Å²) in [4.78, 5) is 27.1. The van der Waals surface area contributed by atoms with Gasteiger partial charge in [-0.25, -0.2) is 0 Å². The monoisotopic (exact) mass is 314 g/mol. The van der Waals surface area contributed by atoms with Crippen LogP contribution in [-0.2, 0) is 19.1 Å². The molecule has 0 aliphatic carbocycles. The second-order valence-corrected chi connectivity index (χ2v) is 7.10. The van der Waals surface area contributed by atoms with E-state index in [1.54, 1.807) is 0 Å². The van der Waals surface area contributed by atoms with Gasteiger partial charge in [0.1, 0.15) is 6.10 Å². The fourth-order valence-corrected chi connectivity index (χ4v) is 3.28. The van der Waals surface area contributed by atoms with Crippen molar-refractivity contribution in [2.45, 2.75) is 44.5 Å². The number of amides is 1. The Hall–Kier alpha value is -1.08. The number of carbonyl (C=O) groups excluding carboxylic acids is 2. The highest BCUT2D eigenvalue weighted by Crippen LogP contribution is 2.32. The Bertz CT molecular complexity index is 439. The van der Waals surface area contributed by atoms with E-state index in [4.69, 9.17) is 15.2 Å². The summed E-state index contributed by atoms with van der Waals surface area (Å²) < 4.78 is 10.8. The number of esters is 1. The molecule has 7 heteroatoms. The summed E-state index contributed by atoms with van der Waals surface area (Å²) in [6.07, 6.45) is 1.84. The quantitative estimate of drug-likeness (QED) is 0.563. The maximum Gasteiger partial charge on any atom is 0.309 e. The molecule has 2 aliphatic heterocycles. The second-order valence-electron chi connectivity index (χ2n) is 5.88. The first-order valence-corrected chi connectivity index (χ1v) is 8.16. The van der Waals surface area contributed by atoms with E-state index in [0.29, 0.717) is 32.0 Å². The van der Waals surface area contributed by atoms with E-state index >= 15 is 0 Å². The molecule has 2 N–H and O–H groups in total. The zero-order chi connectivity index (χ0) is 15.4. The third kappa shape index (κ3) is 4.71. The number of nitrogens with two attached hydrogens (primary N) is 1. The molecule has 0 bridgehead atoms. The lowest BCUT2D eigenvalue weighted by Crippen LogP contribution is -2.19. The van der Waals surface area contributed by atoms with Crippen molar-refractivity contribution in [1.82, 2.24) is 0 Å². The lowest BCUT2D eigenvalue weighted by molar-refractivity contribution is -0.146. The summed E-state index contributed by atoms with van der Waals surface area (Å²) in [6, 6.07) is 0. The SMILES string of the molecule is CC(C)CCOCC1CC(CC2SC(N)=NC2=O)C(=O)O1. The molecule has 0 spiro atoms. The summed E-state index contributed by atoms with van der Waals surface area (Å²) in [5.74, 6) is -0.153. The highest BCUT2D eigenvalue weighted by Gasteiger charge is 2.39. The normalized spacial score (nSPS) is 29.1. The first-order chi connectivity index (χ1) is 9.95. The lowest BCUT2D eigenvalue weighted by Gasteiger charge is -2.11. The van der Waals surface area contributed by atoms with E-state index in [1.165, 1.54) is 11.8 Å². The van der Waals surface area contributed by atoms with Crippen LogP contribution < -0.4 is 5.73 Å². The van der Waals surface area contributed by atoms with E-state index in [2.05, 4.69) is 18.8 Å². The van der Waals surface area contributed by atoms with Crippen LogP contribution in [0.1, 0.15) is 33.1 Å². The predicted octanol–water partition coefficient (Wildman–Crippen LogP) is 1.33. The van der Waals surface area contributed by atoms with Crippen LogP contribution in [0.3, 0.4) is 0 Å². The van der Waals surface area contributed by atoms with E-state index in [0.717, 1.165) is 6.42 Å². The van der Waals surface area contributed by atoms with Crippen LogP contribution in [0.25, 0.3) is 0 Å². The molecule has 3 unspecified atom stereocenters. The minimum Gasteiger partial charge on any atom is -0.460 e. The van der Waals surface area contributed by atoms with E-state index in [1.807, 2.05) is 0 Å². The Kier molecular flexibility index (Phi) is 5.64. The van der Waals surface area contributed by atoms with Gasteiger partial charge in [-0.1, -0.05) is 25.6 Å². The maximum absolute atomic E-state index is 11.8. The largest absolute Gasteiger partial charge is 0.460 e. The number of carbonyl (C=O) groups is 2. The van der Waals surface area contributed by atoms with Crippen molar-refractivity contribution in [2.75, 3.05) is 13.2 Å². The van der Waals surface area contributed by atoms with Gasteiger partial charge in [0.25, 0.3) is 5.91 Å². The molecule has 118 valence electrons. The second kappa shape index (κ2) is 7.26. The molecule has 1 amide bonds. The standard InChI is InChI=1S/C14H22N2O4S/c1-8(2)3-4-19-7-10-5-9(13(18)20-10)6-11-12(17)16-14(15)21-11/h8-11H,3-7H2,1-2H3,(H2,15,16,17). The van der Waals surface area contributed by atoms with Gasteiger partial charge in [0.15, 0.2) is 5.17 Å². The van der Waals surface area contributed by atoms with Gasteiger partial charge >= 0.3 is 5.97 Å². The Morgan fingerprint density at radius 3 is 2.86 bits per heavy atom. The Morgan fingerprint density at radius 2 is 2.24 bits per heavy atom. The zero-order valence-electron chi connectivity index (χ0n) is 12.4. The molecule has 2 aliphatic rings. The van der Waals surface area contributed by atoms with Gasteiger partial charge in [-0.2, -0.15) is 4.99 Å². The number of aliphatic imine (C=N–C) groups is 1. The number of cyclic esters (lactones) is 1. The molecule has 6 nitrogen and oxygen atoms in total. The number of rotatable bonds is 7. The van der Waals surface area contributed by atoms with Crippen LogP contribution in [0.4, 0.5) is 0 Å². The Morgan fingerprint density at radius 1 is 1.48 bits per heavy atom. The van der Waals surface area contributed by atoms with Crippen molar-refractivity contribution in [3.8, 4) is 0 Å². The topological polar surface area (TPSA) is 91.0 Å². The van der Waals surface area contributed by atoms with Crippen LogP contribution in [0.2, 0.25) is 0 Å². The van der Waals surface area contributed by atoms with Crippen molar-refractivity contribution in [2.24, 2.45) is 22.6 Å². The molecular formula is C14H22N2O4S. The number of ether oxygens (including phenoxy) is 2. The minimum atomic E-state index is -0.344. The van der Waals surface area contributed by atoms with Gasteiger partial charge in [0, 0.05) is 6.61 Å².